The third-order valence-electron chi connectivity index (χ3n) is 2.72. The molecule has 98 valence electrons. The summed E-state index contributed by atoms with van der Waals surface area (Å²) in [5, 5.41) is 3.31. The molecule has 1 heterocycles. The van der Waals surface area contributed by atoms with Crippen LogP contribution in [0.25, 0.3) is 0 Å². The van der Waals surface area contributed by atoms with Gasteiger partial charge in [0.15, 0.2) is 0 Å². The number of amides is 1. The summed E-state index contributed by atoms with van der Waals surface area (Å²) in [5.74, 6) is 0.113. The highest BCUT2D eigenvalue weighted by molar-refractivity contribution is 6.34. The normalized spacial score (nSPS) is 10.3. The number of aromatic nitrogens is 1. The third-order valence-corrected chi connectivity index (χ3v) is 3.02. The Kier molecular flexibility index (Phi) is 3.71. The van der Waals surface area contributed by atoms with Crippen molar-refractivity contribution < 1.29 is 4.79 Å². The lowest BCUT2D eigenvalue weighted by Crippen LogP contribution is -2.13. The molecule has 1 amide bonds. The van der Waals surface area contributed by atoms with Crippen LogP contribution in [0.1, 0.15) is 21.5 Å². The zero-order chi connectivity index (χ0) is 14.0. The number of nitrogens with two attached hydrogens (primary N) is 1. The van der Waals surface area contributed by atoms with Gasteiger partial charge in [0.05, 0.1) is 16.3 Å². The first-order valence-corrected chi connectivity index (χ1v) is 6.15. The molecule has 4 nitrogen and oxygen atoms in total. The molecule has 0 fully saturated rings. The number of halogens is 1. The van der Waals surface area contributed by atoms with Crippen LogP contribution in [0.2, 0.25) is 5.02 Å². The number of aryl methyl sites for hydroxylation is 2. The van der Waals surface area contributed by atoms with E-state index < -0.39 is 0 Å². The minimum absolute atomic E-state index is 0.263. The first-order valence-electron chi connectivity index (χ1n) is 5.77. The molecule has 19 heavy (non-hydrogen) atoms. The van der Waals surface area contributed by atoms with Crippen molar-refractivity contribution in [3.8, 4) is 0 Å². The predicted octanol–water partition coefficient (Wildman–Crippen LogP) is 3.19. The Morgan fingerprint density at radius 1 is 1.32 bits per heavy atom. The van der Waals surface area contributed by atoms with Crippen LogP contribution in [0.4, 0.5) is 11.5 Å². The average Bonchev–Trinajstić information content (AvgIpc) is 2.34. The van der Waals surface area contributed by atoms with E-state index in [1.165, 1.54) is 6.20 Å². The number of nitrogen functional groups attached to an aromatic ring is 1. The largest absolute Gasteiger partial charge is 0.384 e. The summed E-state index contributed by atoms with van der Waals surface area (Å²) in [6.45, 7) is 3.85. The lowest BCUT2D eigenvalue weighted by Gasteiger charge is -2.11. The predicted molar refractivity (Wildman–Crippen MR) is 77.5 cm³/mol. The molecule has 0 aliphatic heterocycles. The summed E-state index contributed by atoms with van der Waals surface area (Å²) in [6, 6.07) is 6.97. The van der Waals surface area contributed by atoms with Gasteiger partial charge in [-0.25, -0.2) is 4.98 Å². The molecule has 0 saturated heterocycles. The second-order valence-corrected chi connectivity index (χ2v) is 4.77. The van der Waals surface area contributed by atoms with E-state index in [0.29, 0.717) is 22.1 Å². The van der Waals surface area contributed by atoms with Crippen LogP contribution in [-0.4, -0.2) is 10.9 Å². The summed E-state index contributed by atoms with van der Waals surface area (Å²) < 4.78 is 0. The highest BCUT2D eigenvalue weighted by atomic mass is 35.5. The standard InChI is InChI=1S/C14H14ClN3O/c1-8-5-9(2)13(11(15)6-8)18-14(19)10-3-4-12(16)17-7-10/h3-7H,1-2H3,(H2,16,17)(H,18,19). The number of hydrogen-bond acceptors (Lipinski definition) is 3. The van der Waals surface area contributed by atoms with Gasteiger partial charge in [-0.1, -0.05) is 17.7 Å². The molecule has 0 bridgehead atoms. The van der Waals surface area contributed by atoms with Gasteiger partial charge < -0.3 is 11.1 Å². The van der Waals surface area contributed by atoms with Gasteiger partial charge >= 0.3 is 0 Å². The van der Waals surface area contributed by atoms with E-state index in [-0.39, 0.29) is 5.91 Å². The molecule has 0 saturated carbocycles. The van der Waals surface area contributed by atoms with E-state index in [1.54, 1.807) is 12.1 Å². The van der Waals surface area contributed by atoms with Crippen molar-refractivity contribution in [2.24, 2.45) is 0 Å². The maximum atomic E-state index is 12.1. The third kappa shape index (κ3) is 3.03. The zero-order valence-electron chi connectivity index (χ0n) is 10.7. The van der Waals surface area contributed by atoms with Crippen LogP contribution < -0.4 is 11.1 Å². The Morgan fingerprint density at radius 2 is 2.05 bits per heavy atom. The molecule has 0 atom stereocenters. The van der Waals surface area contributed by atoms with Crippen molar-refractivity contribution in [2.75, 3.05) is 11.1 Å². The molecule has 0 aliphatic rings. The number of benzene rings is 1. The van der Waals surface area contributed by atoms with Crippen LogP contribution >= 0.6 is 11.6 Å². The number of anilines is 2. The van der Waals surface area contributed by atoms with E-state index in [1.807, 2.05) is 26.0 Å². The Morgan fingerprint density at radius 3 is 2.63 bits per heavy atom. The van der Waals surface area contributed by atoms with Crippen molar-refractivity contribution in [2.45, 2.75) is 13.8 Å². The minimum Gasteiger partial charge on any atom is -0.384 e. The first-order chi connectivity index (χ1) is 8.97. The number of nitrogens with zero attached hydrogens (tertiary/aromatic N) is 1. The Hall–Kier alpha value is -2.07. The molecule has 0 aliphatic carbocycles. The summed E-state index contributed by atoms with van der Waals surface area (Å²) in [4.78, 5) is 15.9. The van der Waals surface area contributed by atoms with Gasteiger partial charge in [0, 0.05) is 6.20 Å². The van der Waals surface area contributed by atoms with Gasteiger partial charge in [0.2, 0.25) is 0 Å². The van der Waals surface area contributed by atoms with E-state index in [9.17, 15) is 4.79 Å². The monoisotopic (exact) mass is 275 g/mol. The topological polar surface area (TPSA) is 68.0 Å². The smallest absolute Gasteiger partial charge is 0.257 e. The number of carbonyl (C=O) groups excluding carboxylic acids is 1. The summed E-state index contributed by atoms with van der Waals surface area (Å²) in [7, 11) is 0. The molecule has 1 aromatic carbocycles. The highest BCUT2D eigenvalue weighted by Gasteiger charge is 2.11. The molecule has 0 spiro atoms. The lowest BCUT2D eigenvalue weighted by molar-refractivity contribution is 0.102. The number of rotatable bonds is 2. The Bertz CT molecular complexity index is 600. The number of hydrogen-bond donors (Lipinski definition) is 2. The molecule has 2 rings (SSSR count). The second kappa shape index (κ2) is 5.28. The fourth-order valence-electron chi connectivity index (χ4n) is 1.80. The minimum atomic E-state index is -0.263. The summed E-state index contributed by atoms with van der Waals surface area (Å²) in [6.07, 6.45) is 1.43. The first kappa shape index (κ1) is 13.4. The van der Waals surface area contributed by atoms with Crippen LogP contribution in [0, 0.1) is 13.8 Å². The van der Waals surface area contributed by atoms with Gasteiger partial charge in [-0.15, -0.1) is 0 Å². The van der Waals surface area contributed by atoms with Crippen LogP contribution in [0.15, 0.2) is 30.5 Å². The van der Waals surface area contributed by atoms with Crippen molar-refractivity contribution in [3.05, 3.63) is 52.2 Å². The van der Waals surface area contributed by atoms with Crippen molar-refractivity contribution in [3.63, 3.8) is 0 Å². The van der Waals surface area contributed by atoms with Gasteiger partial charge in [-0.2, -0.15) is 0 Å². The van der Waals surface area contributed by atoms with Gasteiger partial charge in [-0.3, -0.25) is 4.79 Å². The number of nitrogens with one attached hydrogen (secondary N) is 1. The summed E-state index contributed by atoms with van der Waals surface area (Å²) >= 11 is 6.14. The molecule has 3 N–H and O–H groups in total. The zero-order valence-corrected chi connectivity index (χ0v) is 11.5. The lowest BCUT2D eigenvalue weighted by atomic mass is 10.1. The maximum absolute atomic E-state index is 12.1. The fraction of sp³-hybridized carbons (Fsp3) is 0.143. The van der Waals surface area contributed by atoms with E-state index in [2.05, 4.69) is 10.3 Å². The van der Waals surface area contributed by atoms with Crippen LogP contribution in [0.5, 0.6) is 0 Å². The van der Waals surface area contributed by atoms with E-state index >= 15 is 0 Å². The van der Waals surface area contributed by atoms with Gasteiger partial charge in [0.25, 0.3) is 5.91 Å². The van der Waals surface area contributed by atoms with Gasteiger partial charge in [0.1, 0.15) is 5.82 Å². The summed E-state index contributed by atoms with van der Waals surface area (Å²) in [5.41, 5.74) is 8.50. The van der Waals surface area contributed by atoms with E-state index in [4.69, 9.17) is 17.3 Å². The molecule has 0 unspecified atom stereocenters. The molecule has 0 radical (unpaired) electrons. The van der Waals surface area contributed by atoms with E-state index in [0.717, 1.165) is 11.1 Å². The SMILES string of the molecule is Cc1cc(C)c(NC(=O)c2ccc(N)nc2)c(Cl)c1. The highest BCUT2D eigenvalue weighted by Crippen LogP contribution is 2.27. The number of carbonyl (C=O) groups is 1. The quantitative estimate of drug-likeness (QED) is 0.884. The Labute approximate surface area is 116 Å². The van der Waals surface area contributed by atoms with Crippen LogP contribution in [-0.2, 0) is 0 Å². The van der Waals surface area contributed by atoms with Crippen LogP contribution in [0.3, 0.4) is 0 Å². The van der Waals surface area contributed by atoms with Crippen molar-refractivity contribution in [1.29, 1.82) is 0 Å². The molecule has 5 heteroatoms. The molecule has 2 aromatic rings. The molecule has 1 aromatic heterocycles. The number of pyridine rings is 1. The molecular formula is C14H14ClN3O. The second-order valence-electron chi connectivity index (χ2n) is 4.36. The molecular weight excluding hydrogens is 262 g/mol. The Balaban J connectivity index is 2.26. The van der Waals surface area contributed by atoms with Gasteiger partial charge in [-0.05, 0) is 43.2 Å². The van der Waals surface area contributed by atoms with Crippen molar-refractivity contribution in [1.82, 2.24) is 4.98 Å². The fourth-order valence-corrected chi connectivity index (χ4v) is 2.17. The van der Waals surface area contributed by atoms with Crippen molar-refractivity contribution >= 4 is 29.0 Å². The maximum Gasteiger partial charge on any atom is 0.257 e. The average molecular weight is 276 g/mol.